The zero-order valence-corrected chi connectivity index (χ0v) is 14.7. The van der Waals surface area contributed by atoms with Gasteiger partial charge >= 0.3 is 6.61 Å². The summed E-state index contributed by atoms with van der Waals surface area (Å²) in [5.74, 6) is 0.183. The molecule has 0 spiro atoms. The summed E-state index contributed by atoms with van der Waals surface area (Å²) in [5, 5.41) is 0.778. The highest BCUT2D eigenvalue weighted by Crippen LogP contribution is 2.37. The van der Waals surface area contributed by atoms with E-state index in [4.69, 9.17) is 4.43 Å². The molecule has 6 heteroatoms. The predicted molar refractivity (Wildman–Crippen MR) is 86.9 cm³/mol. The summed E-state index contributed by atoms with van der Waals surface area (Å²) in [6.07, 6.45) is 0. The number of benzene rings is 1. The van der Waals surface area contributed by atoms with Gasteiger partial charge in [-0.25, -0.2) is 0 Å². The number of nitrogens with one attached hydrogen (secondary N) is 1. The van der Waals surface area contributed by atoms with Crippen LogP contribution < -0.4 is 4.74 Å². The minimum absolute atomic E-state index is 0.128. The van der Waals surface area contributed by atoms with Crippen LogP contribution in [0.3, 0.4) is 0 Å². The number of aromatic amines is 1. The van der Waals surface area contributed by atoms with E-state index in [0.29, 0.717) is 12.0 Å². The van der Waals surface area contributed by atoms with Crippen LogP contribution in [0.15, 0.2) is 24.3 Å². The second-order valence-electron chi connectivity index (χ2n) is 6.94. The minimum atomic E-state index is -2.83. The first-order valence-electron chi connectivity index (χ1n) is 7.29. The second-order valence-corrected chi connectivity index (χ2v) is 11.7. The maximum Gasteiger partial charge on any atom is 0.387 e. The van der Waals surface area contributed by atoms with Gasteiger partial charge in [0.05, 0.1) is 6.61 Å². The third kappa shape index (κ3) is 3.67. The molecule has 0 amide bonds. The molecule has 1 aromatic heterocycles. The van der Waals surface area contributed by atoms with Crippen molar-refractivity contribution in [3.05, 3.63) is 30.0 Å². The van der Waals surface area contributed by atoms with E-state index in [1.165, 1.54) is 0 Å². The summed E-state index contributed by atoms with van der Waals surface area (Å²) in [6.45, 7) is 8.52. The summed E-state index contributed by atoms with van der Waals surface area (Å²) < 4.78 is 35.6. The lowest BCUT2D eigenvalue weighted by molar-refractivity contribution is -0.0487. The summed E-state index contributed by atoms with van der Waals surface area (Å²) in [5.41, 5.74) is 1.64. The standard InChI is InChI=1S/C16H23F2NO2Si/c1-16(2,3)22(4,5)20-10-11-9-12-13(19-11)7-6-8-14(12)21-15(17)18/h6-9,15,19H,10H2,1-5H3. The number of alkyl halides is 2. The van der Waals surface area contributed by atoms with Crippen molar-refractivity contribution in [2.24, 2.45) is 0 Å². The van der Waals surface area contributed by atoms with E-state index in [2.05, 4.69) is 43.6 Å². The Hall–Kier alpha value is -1.40. The molecule has 22 heavy (non-hydrogen) atoms. The maximum absolute atomic E-state index is 12.4. The molecule has 3 nitrogen and oxygen atoms in total. The van der Waals surface area contributed by atoms with Gasteiger partial charge in [0.2, 0.25) is 0 Å². The second kappa shape index (κ2) is 6.00. The normalized spacial score (nSPS) is 13.1. The average molecular weight is 327 g/mol. The van der Waals surface area contributed by atoms with E-state index >= 15 is 0 Å². The van der Waals surface area contributed by atoms with Crippen LogP contribution in [0.4, 0.5) is 8.78 Å². The monoisotopic (exact) mass is 327 g/mol. The lowest BCUT2D eigenvalue weighted by Crippen LogP contribution is -2.40. The van der Waals surface area contributed by atoms with Crippen LogP contribution in [0.5, 0.6) is 5.75 Å². The fraction of sp³-hybridized carbons (Fsp3) is 0.500. The van der Waals surface area contributed by atoms with Crippen LogP contribution in [-0.4, -0.2) is 19.9 Å². The molecule has 1 heterocycles. The summed E-state index contributed by atoms with van der Waals surface area (Å²) in [7, 11) is -1.85. The number of ether oxygens (including phenoxy) is 1. The smallest absolute Gasteiger partial charge is 0.387 e. The highest BCUT2D eigenvalue weighted by molar-refractivity contribution is 6.74. The van der Waals surface area contributed by atoms with Crippen molar-refractivity contribution in [2.45, 2.75) is 52.1 Å². The zero-order chi connectivity index (χ0) is 16.5. The van der Waals surface area contributed by atoms with Crippen molar-refractivity contribution < 1.29 is 17.9 Å². The Morgan fingerprint density at radius 1 is 1.23 bits per heavy atom. The first-order valence-corrected chi connectivity index (χ1v) is 10.2. The zero-order valence-electron chi connectivity index (χ0n) is 13.7. The molecule has 0 bridgehead atoms. The van der Waals surface area contributed by atoms with Gasteiger partial charge in [0, 0.05) is 16.6 Å². The summed E-state index contributed by atoms with van der Waals surface area (Å²) in [6, 6.07) is 6.89. The lowest BCUT2D eigenvalue weighted by Gasteiger charge is -2.36. The van der Waals surface area contributed by atoms with Gasteiger partial charge in [-0.05, 0) is 36.3 Å². The molecule has 2 aromatic rings. The number of fused-ring (bicyclic) bond motifs is 1. The van der Waals surface area contributed by atoms with E-state index in [-0.39, 0.29) is 10.8 Å². The molecule has 122 valence electrons. The molecule has 1 aromatic carbocycles. The van der Waals surface area contributed by atoms with Crippen molar-refractivity contribution in [2.75, 3.05) is 0 Å². The van der Waals surface area contributed by atoms with Gasteiger partial charge in [-0.2, -0.15) is 8.78 Å². The fourth-order valence-corrected chi connectivity index (χ4v) is 2.89. The Labute approximate surface area is 130 Å². The lowest BCUT2D eigenvalue weighted by atomic mass is 10.2. The van der Waals surface area contributed by atoms with Gasteiger partial charge in [-0.15, -0.1) is 0 Å². The number of hydrogen-bond acceptors (Lipinski definition) is 2. The van der Waals surface area contributed by atoms with Crippen molar-refractivity contribution in [1.29, 1.82) is 0 Å². The van der Waals surface area contributed by atoms with E-state index in [0.717, 1.165) is 11.2 Å². The Kier molecular flexibility index (Phi) is 4.63. The van der Waals surface area contributed by atoms with Crippen molar-refractivity contribution in [3.63, 3.8) is 0 Å². The molecular weight excluding hydrogens is 304 g/mol. The Balaban J connectivity index is 2.20. The Bertz CT molecular complexity index is 647. The molecule has 0 fully saturated rings. The molecule has 0 aliphatic heterocycles. The molecule has 0 saturated heterocycles. The van der Waals surface area contributed by atoms with E-state index in [1.54, 1.807) is 12.1 Å². The van der Waals surface area contributed by atoms with Gasteiger partial charge in [-0.1, -0.05) is 26.8 Å². The first kappa shape index (κ1) is 17.0. The minimum Gasteiger partial charge on any atom is -0.434 e. The van der Waals surface area contributed by atoms with E-state index in [1.807, 2.05) is 12.1 Å². The molecule has 0 aliphatic rings. The molecule has 0 aliphatic carbocycles. The first-order chi connectivity index (χ1) is 10.1. The molecule has 2 rings (SSSR count). The van der Waals surface area contributed by atoms with Gasteiger partial charge in [0.15, 0.2) is 8.32 Å². The van der Waals surface area contributed by atoms with Gasteiger partial charge in [-0.3, -0.25) is 0 Å². The van der Waals surface area contributed by atoms with Gasteiger partial charge in [0.25, 0.3) is 0 Å². The van der Waals surface area contributed by atoms with Crippen LogP contribution in [0, 0.1) is 0 Å². The van der Waals surface area contributed by atoms with E-state index in [9.17, 15) is 8.78 Å². The highest BCUT2D eigenvalue weighted by atomic mass is 28.4. The van der Waals surface area contributed by atoms with E-state index < -0.39 is 14.9 Å². The molecule has 0 atom stereocenters. The third-order valence-electron chi connectivity index (χ3n) is 4.29. The number of aromatic nitrogens is 1. The van der Waals surface area contributed by atoms with Gasteiger partial charge in [0.1, 0.15) is 5.75 Å². The quantitative estimate of drug-likeness (QED) is 0.757. The maximum atomic E-state index is 12.4. The molecular formula is C16H23F2NO2Si. The predicted octanol–water partition coefficient (Wildman–Crippen LogP) is 5.29. The number of rotatable bonds is 5. The largest absolute Gasteiger partial charge is 0.434 e. The topological polar surface area (TPSA) is 34.2 Å². The van der Waals surface area contributed by atoms with Gasteiger partial charge < -0.3 is 14.1 Å². The van der Waals surface area contributed by atoms with Crippen LogP contribution in [0.25, 0.3) is 10.9 Å². The van der Waals surface area contributed by atoms with Crippen LogP contribution in [0.1, 0.15) is 26.5 Å². The third-order valence-corrected chi connectivity index (χ3v) is 8.77. The SMILES string of the molecule is CC(C)(C)[Si](C)(C)OCc1cc2c(OC(F)F)cccc2[nH]1. The van der Waals surface area contributed by atoms with Crippen LogP contribution in [0.2, 0.25) is 18.1 Å². The van der Waals surface area contributed by atoms with Crippen molar-refractivity contribution >= 4 is 19.2 Å². The van der Waals surface area contributed by atoms with Crippen LogP contribution in [-0.2, 0) is 11.0 Å². The average Bonchev–Trinajstić information content (AvgIpc) is 2.78. The molecule has 0 unspecified atom stereocenters. The number of hydrogen-bond donors (Lipinski definition) is 1. The molecule has 0 radical (unpaired) electrons. The van der Waals surface area contributed by atoms with Crippen molar-refractivity contribution in [1.82, 2.24) is 4.98 Å². The summed E-state index contributed by atoms with van der Waals surface area (Å²) in [4.78, 5) is 3.21. The Morgan fingerprint density at radius 3 is 2.50 bits per heavy atom. The van der Waals surface area contributed by atoms with Crippen molar-refractivity contribution in [3.8, 4) is 5.75 Å². The fourth-order valence-electron chi connectivity index (χ4n) is 1.94. The molecule has 1 N–H and O–H groups in total. The number of H-pyrrole nitrogens is 1. The number of halogens is 2. The Morgan fingerprint density at radius 2 is 1.91 bits per heavy atom. The highest BCUT2D eigenvalue weighted by Gasteiger charge is 2.37. The van der Waals surface area contributed by atoms with Crippen LogP contribution >= 0.6 is 0 Å². The molecule has 0 saturated carbocycles. The summed E-state index contributed by atoms with van der Waals surface area (Å²) >= 11 is 0.